The third-order valence-electron chi connectivity index (χ3n) is 17.6. The maximum absolute atomic E-state index is 15.4. The van der Waals surface area contributed by atoms with Crippen LogP contribution in [0, 0.1) is 23.7 Å². The highest BCUT2D eigenvalue weighted by atomic mass is 16.5. The molecule has 0 aliphatic carbocycles. The molecule has 19 atom stereocenters. The van der Waals surface area contributed by atoms with Gasteiger partial charge in [0.25, 0.3) is 5.91 Å². The average Bonchev–Trinajstić information content (AvgIpc) is 0.796. The zero-order chi connectivity index (χ0) is 76.0. The van der Waals surface area contributed by atoms with Crippen molar-refractivity contribution >= 4 is 76.9 Å². The maximum atomic E-state index is 15.4. The number of phenolic OH excluding ortho intramolecular Hbond substituents is 1. The highest BCUT2D eigenvalue weighted by molar-refractivity contribution is 6.00. The van der Waals surface area contributed by atoms with Gasteiger partial charge in [-0.1, -0.05) is 83.9 Å². The second-order valence-corrected chi connectivity index (χ2v) is 26.2. The zero-order valence-electron chi connectivity index (χ0n) is 59.5. The smallest absolute Gasteiger partial charge is 0.329 e. The topological polar surface area (TPSA) is 518 Å². The van der Waals surface area contributed by atoms with Gasteiger partial charge in [-0.15, -0.1) is 0 Å². The number of ether oxygens (including phenoxy) is 3. The van der Waals surface area contributed by atoms with E-state index in [0.717, 1.165) is 49.8 Å². The van der Waals surface area contributed by atoms with E-state index in [1.54, 1.807) is 6.92 Å². The number of hydrogen-bond acceptors (Lipinski definition) is 22. The summed E-state index contributed by atoms with van der Waals surface area (Å²) in [4.78, 5) is 187. The number of aliphatic hydroxyl groups is 4. The Kier molecular flexibility index (Phi) is 33.7. The number of likely N-dealkylation sites (N-methyl/N-ethyl adjacent to an activating group) is 1. The summed E-state index contributed by atoms with van der Waals surface area (Å²) in [6.07, 6.45) is -2.32. The van der Waals surface area contributed by atoms with Gasteiger partial charge in [0.05, 0.1) is 31.9 Å². The molecule has 2 saturated heterocycles. The van der Waals surface area contributed by atoms with E-state index >= 15 is 19.2 Å². The van der Waals surface area contributed by atoms with Crippen molar-refractivity contribution in [2.75, 3.05) is 47.5 Å². The minimum absolute atomic E-state index is 0.0921. The van der Waals surface area contributed by atoms with Gasteiger partial charge in [-0.3, -0.25) is 57.5 Å². The van der Waals surface area contributed by atoms with Gasteiger partial charge in [0.2, 0.25) is 65.0 Å². The van der Waals surface area contributed by atoms with Crippen LogP contribution in [-0.2, 0) is 76.5 Å². The number of aromatic hydroxyl groups is 1. The van der Waals surface area contributed by atoms with Crippen LogP contribution < -0.4 is 59.3 Å². The third kappa shape index (κ3) is 24.0. The maximum Gasteiger partial charge on any atom is 0.329 e. The molecule has 12 amide bonds. The number of carbonyl (C=O) groups is 13. The Morgan fingerprint density at radius 2 is 1.43 bits per heavy atom. The van der Waals surface area contributed by atoms with Gasteiger partial charge in [0.1, 0.15) is 78.4 Å². The number of allylic oxidation sites excluding steroid dienone is 3. The van der Waals surface area contributed by atoms with Gasteiger partial charge in [-0.2, -0.15) is 0 Å². The van der Waals surface area contributed by atoms with Gasteiger partial charge in [0.15, 0.2) is 5.60 Å². The van der Waals surface area contributed by atoms with Crippen LogP contribution in [0.2, 0.25) is 0 Å². The average molecular weight is 1420 g/mol. The van der Waals surface area contributed by atoms with Crippen LogP contribution in [0.15, 0.2) is 48.1 Å². The summed E-state index contributed by atoms with van der Waals surface area (Å²) in [7, 11) is 3.53. The number of cyclic esters (lactones) is 1. The summed E-state index contributed by atoms with van der Waals surface area (Å²) >= 11 is 0. The van der Waals surface area contributed by atoms with Crippen molar-refractivity contribution in [2.45, 2.75) is 205 Å². The highest BCUT2D eigenvalue weighted by Gasteiger charge is 2.47. The molecule has 2 aliphatic heterocycles. The van der Waals surface area contributed by atoms with E-state index in [0.29, 0.717) is 6.42 Å². The van der Waals surface area contributed by atoms with Crippen LogP contribution in [-0.4, -0.2) is 250 Å². The highest BCUT2D eigenvalue weighted by Crippen LogP contribution is 2.29. The molecule has 100 heavy (non-hydrogen) atoms. The Bertz CT molecular complexity index is 3110. The molecule has 0 radical (unpaired) electrons. The van der Waals surface area contributed by atoms with Crippen molar-refractivity contribution in [2.24, 2.45) is 35.1 Å². The minimum Gasteiger partial charge on any atom is -0.508 e. The lowest BCUT2D eigenvalue weighted by molar-refractivity contribution is -0.168. The zero-order valence-corrected chi connectivity index (χ0v) is 59.5. The molecule has 1 aromatic rings. The number of aliphatic hydroxyl groups excluding tert-OH is 3. The molecule has 34 nitrogen and oxygen atoms in total. The molecule has 18 N–H and O–H groups in total. The molecular weight excluding hydrogens is 1310 g/mol. The molecule has 3 rings (SSSR count). The Morgan fingerprint density at radius 3 is 1.98 bits per heavy atom. The number of rotatable bonds is 27. The molecule has 0 aromatic heterocycles. The van der Waals surface area contributed by atoms with Crippen molar-refractivity contribution in [1.82, 2.24) is 57.7 Å². The number of benzene rings is 1. The molecule has 560 valence electrons. The molecule has 1 aromatic carbocycles. The number of carbonyl (C=O) groups excluding carboxylic acids is 13. The summed E-state index contributed by atoms with van der Waals surface area (Å²) < 4.78 is 17.3. The third-order valence-corrected chi connectivity index (χ3v) is 17.6. The first kappa shape index (κ1) is 85.6. The van der Waals surface area contributed by atoms with E-state index in [-0.39, 0.29) is 36.6 Å². The SMILES string of the molecule is CCC(C)/C=C(C)/C=C\C(O)C(C)(O)C(=O)NCC(=O)N[C@H](C(=O)N[C@H](C(=O)N[C@H](C(=O)N[C@H]1C(=O)N[C@H](COC)C(=O)NCC(=O)N[C@@H](C)C(=O)N(C)[C@@H]([C@@H](C)O)C(=O)N[C@H]([C@H](OC)c2ccc(O)cc2)C(=O)N2CCCC[C@H]2C(=O)O[C@@H]1C(C)C)[C@@H](C)[C@@H](C)C(N)=O)[C@@H](C)N)[C@@H](C)O. The number of nitrogens with two attached hydrogens (primary N) is 2. The molecule has 3 unspecified atom stereocenters. The fourth-order valence-corrected chi connectivity index (χ4v) is 11.1. The summed E-state index contributed by atoms with van der Waals surface area (Å²) in [5.74, 6) is -18.1. The van der Waals surface area contributed by atoms with E-state index in [4.69, 9.17) is 25.7 Å². The Morgan fingerprint density at radius 1 is 0.820 bits per heavy atom. The van der Waals surface area contributed by atoms with E-state index in [9.17, 15) is 68.7 Å². The molecule has 34 heteroatoms. The number of nitrogens with one attached hydrogen (secondary N) is 9. The van der Waals surface area contributed by atoms with E-state index in [1.165, 1.54) is 92.0 Å². The number of fused-ring (bicyclic) bond motifs is 1. The number of amides is 12. The van der Waals surface area contributed by atoms with Crippen LogP contribution in [0.1, 0.15) is 120 Å². The molecular formula is C66H105N13O21. The number of primary amides is 1. The quantitative estimate of drug-likeness (QED) is 0.0293. The minimum atomic E-state index is -2.46. The van der Waals surface area contributed by atoms with Gasteiger partial charge in [-0.05, 0) is 96.3 Å². The van der Waals surface area contributed by atoms with Gasteiger partial charge < -0.3 is 109 Å². The number of nitrogens with zero attached hydrogens (tertiary/aromatic N) is 2. The number of hydrogen-bond donors (Lipinski definition) is 16. The predicted molar refractivity (Wildman–Crippen MR) is 359 cm³/mol. The monoisotopic (exact) mass is 1420 g/mol. The number of phenols is 1. The first-order valence-electron chi connectivity index (χ1n) is 33.1. The van der Waals surface area contributed by atoms with Gasteiger partial charge in [0, 0.05) is 39.8 Å². The largest absolute Gasteiger partial charge is 0.508 e. The van der Waals surface area contributed by atoms with Crippen LogP contribution in [0.3, 0.4) is 0 Å². The van der Waals surface area contributed by atoms with Crippen LogP contribution in [0.5, 0.6) is 5.75 Å². The van der Waals surface area contributed by atoms with Gasteiger partial charge >= 0.3 is 5.97 Å². The standard InChI is InChI=1S/C66H105N13O21/c1-16-32(4)27-33(5)20-25-44(83)66(12,97)65(96)70-29-46(85)73-49(38(10)80)59(90)75-48(36(8)67)58(89)74-47(34(6)35(7)55(68)86)57(88)76-50-53(31(2)3)100-64(95)43-19-17-18-26-79(43)63(94)51(54(99-15)40-21-23-41(82)24-22-40)77-61(92)52(39(11)81)78(13)62(93)37(9)71-45(84)28-69-56(87)42(30-98-14)72-60(50)91/h20-25,27,31-32,34-39,42-44,47-54,80-83,97H,16-19,26,28-30,67H2,1-15H3,(H2,68,86)(H,69,87)(H,70,96)(H,71,84)(H,72,91)(H,73,85)(H,74,89)(H,75,90)(H,76,88)(H,77,92)/b25-20-,33-27+/t32?,34-,35+,36+,37-,38+,39+,42+,43-,44?,47-,48-,49-,50+,51+,52-,53+,54+,66?/m0/s1. The van der Waals surface area contributed by atoms with E-state index in [1.807, 2.05) is 19.9 Å². The van der Waals surface area contributed by atoms with Crippen molar-refractivity contribution in [3.8, 4) is 5.75 Å². The molecule has 2 aliphatic rings. The molecule has 0 spiro atoms. The summed E-state index contributed by atoms with van der Waals surface area (Å²) in [5, 5.41) is 75.2. The summed E-state index contributed by atoms with van der Waals surface area (Å²) in [6.45, 7) is 14.6. The lowest BCUT2D eigenvalue weighted by atomic mass is 9.87. The predicted octanol–water partition coefficient (Wildman–Crippen LogP) is -4.31. The second kappa shape index (κ2) is 39.4. The van der Waals surface area contributed by atoms with Gasteiger partial charge in [-0.25, -0.2) is 4.79 Å². The first-order valence-corrected chi connectivity index (χ1v) is 33.1. The van der Waals surface area contributed by atoms with Crippen molar-refractivity contribution in [3.05, 3.63) is 53.6 Å². The second-order valence-electron chi connectivity index (χ2n) is 26.2. The Hall–Kier alpha value is -8.67. The fourth-order valence-electron chi connectivity index (χ4n) is 11.1. The number of piperidine rings is 1. The molecule has 2 heterocycles. The van der Waals surface area contributed by atoms with Crippen LogP contribution in [0.4, 0.5) is 0 Å². The summed E-state index contributed by atoms with van der Waals surface area (Å²) in [5.41, 5.74) is 10.5. The molecule has 0 saturated carbocycles. The number of esters is 1. The lowest BCUT2D eigenvalue weighted by Gasteiger charge is -2.40. The molecule has 0 bridgehead atoms. The van der Waals surface area contributed by atoms with E-state index in [2.05, 4.69) is 47.9 Å². The summed E-state index contributed by atoms with van der Waals surface area (Å²) in [6, 6.07) is -12.0. The molecule has 2 fully saturated rings. The van der Waals surface area contributed by atoms with Crippen LogP contribution in [0.25, 0.3) is 0 Å². The lowest BCUT2D eigenvalue weighted by Crippen LogP contribution is -2.66. The van der Waals surface area contributed by atoms with E-state index < -0.39 is 211 Å². The fraction of sp³-hybridized carbons (Fsp3) is 0.652. The van der Waals surface area contributed by atoms with Crippen molar-refractivity contribution in [3.63, 3.8) is 0 Å². The van der Waals surface area contributed by atoms with Crippen molar-refractivity contribution in [1.29, 1.82) is 0 Å². The normalized spacial score (nSPS) is 24.5. The first-order chi connectivity index (χ1) is 46.7. The number of methoxy groups -OCH3 is 2. The Labute approximate surface area is 581 Å². The van der Waals surface area contributed by atoms with Crippen LogP contribution >= 0.6 is 0 Å². The Balaban J connectivity index is 2.19. The van der Waals surface area contributed by atoms with Crippen molar-refractivity contribution < 1.29 is 102 Å².